The van der Waals surface area contributed by atoms with Crippen molar-refractivity contribution in [1.82, 2.24) is 9.80 Å². The SMILES string of the molecule is Fc1ccc(CN2CCN([C@H]3CCc4ccccc4C3)CC2)cc1. The quantitative estimate of drug-likeness (QED) is 0.852. The molecule has 1 heterocycles. The molecule has 0 spiro atoms. The molecule has 0 radical (unpaired) electrons. The molecule has 0 amide bonds. The summed E-state index contributed by atoms with van der Waals surface area (Å²) >= 11 is 0. The number of aryl methyl sites for hydroxylation is 1. The van der Waals surface area contributed by atoms with Gasteiger partial charge in [-0.3, -0.25) is 9.80 Å². The predicted octanol–water partition coefficient (Wildman–Crippen LogP) is 3.50. The van der Waals surface area contributed by atoms with Crippen LogP contribution in [-0.2, 0) is 19.4 Å². The first-order chi connectivity index (χ1) is 11.8. The van der Waals surface area contributed by atoms with Gasteiger partial charge in [-0.05, 0) is 48.1 Å². The van der Waals surface area contributed by atoms with Crippen molar-refractivity contribution in [3.05, 3.63) is 71.0 Å². The minimum absolute atomic E-state index is 0.152. The lowest BCUT2D eigenvalue weighted by molar-refractivity contribution is 0.0856. The molecule has 1 aliphatic heterocycles. The first-order valence-corrected chi connectivity index (χ1v) is 9.05. The van der Waals surface area contributed by atoms with Crippen molar-refractivity contribution >= 4 is 0 Å². The van der Waals surface area contributed by atoms with Gasteiger partial charge in [0.15, 0.2) is 0 Å². The second-order valence-electron chi connectivity index (χ2n) is 7.10. The average molecular weight is 324 g/mol. The number of hydrogen-bond acceptors (Lipinski definition) is 2. The van der Waals surface area contributed by atoms with Gasteiger partial charge in [-0.15, -0.1) is 0 Å². The van der Waals surface area contributed by atoms with Crippen molar-refractivity contribution in [2.45, 2.75) is 31.8 Å². The highest BCUT2D eigenvalue weighted by molar-refractivity contribution is 5.30. The van der Waals surface area contributed by atoms with Gasteiger partial charge in [-0.2, -0.15) is 0 Å². The second kappa shape index (κ2) is 7.04. The average Bonchev–Trinajstić information content (AvgIpc) is 2.64. The molecule has 3 heteroatoms. The molecule has 0 aromatic heterocycles. The number of hydrogen-bond donors (Lipinski definition) is 0. The van der Waals surface area contributed by atoms with Gasteiger partial charge in [0.1, 0.15) is 5.82 Å². The third-order valence-electron chi connectivity index (χ3n) is 5.56. The molecule has 1 atom stereocenters. The topological polar surface area (TPSA) is 6.48 Å². The van der Waals surface area contributed by atoms with Gasteiger partial charge < -0.3 is 0 Å². The van der Waals surface area contributed by atoms with Crippen molar-refractivity contribution < 1.29 is 4.39 Å². The molecule has 1 aliphatic carbocycles. The first kappa shape index (κ1) is 15.8. The Morgan fingerprint density at radius 3 is 2.33 bits per heavy atom. The standard InChI is InChI=1S/C21H25FN2/c22-20-8-5-17(6-9-20)16-23-11-13-24(14-12-23)21-10-7-18-3-1-2-4-19(18)15-21/h1-6,8-9,21H,7,10-16H2/t21-/m0/s1. The molecule has 2 aromatic carbocycles. The Morgan fingerprint density at radius 2 is 1.58 bits per heavy atom. The van der Waals surface area contributed by atoms with Gasteiger partial charge in [-0.25, -0.2) is 4.39 Å². The van der Waals surface area contributed by atoms with E-state index in [9.17, 15) is 4.39 Å². The van der Waals surface area contributed by atoms with Crippen molar-refractivity contribution in [2.24, 2.45) is 0 Å². The lowest BCUT2D eigenvalue weighted by Gasteiger charge is -2.41. The van der Waals surface area contributed by atoms with E-state index in [-0.39, 0.29) is 5.82 Å². The van der Waals surface area contributed by atoms with Crippen LogP contribution in [0.1, 0.15) is 23.1 Å². The van der Waals surface area contributed by atoms with Crippen molar-refractivity contribution in [1.29, 1.82) is 0 Å². The van der Waals surface area contributed by atoms with Gasteiger partial charge >= 0.3 is 0 Å². The summed E-state index contributed by atoms with van der Waals surface area (Å²) in [5, 5.41) is 0. The molecule has 2 aromatic rings. The normalized spacial score (nSPS) is 22.3. The molecular formula is C21H25FN2. The van der Waals surface area contributed by atoms with E-state index in [0.717, 1.165) is 32.7 Å². The number of halogens is 1. The van der Waals surface area contributed by atoms with Crippen LogP contribution in [-0.4, -0.2) is 42.0 Å². The van der Waals surface area contributed by atoms with Crippen LogP contribution in [0.3, 0.4) is 0 Å². The summed E-state index contributed by atoms with van der Waals surface area (Å²) in [7, 11) is 0. The van der Waals surface area contributed by atoms with Gasteiger partial charge in [0.25, 0.3) is 0 Å². The summed E-state index contributed by atoms with van der Waals surface area (Å²) in [5.41, 5.74) is 4.29. The zero-order valence-corrected chi connectivity index (χ0v) is 14.1. The van der Waals surface area contributed by atoms with Gasteiger partial charge in [0.2, 0.25) is 0 Å². The van der Waals surface area contributed by atoms with Crippen LogP contribution in [0.2, 0.25) is 0 Å². The van der Waals surface area contributed by atoms with Gasteiger partial charge in [-0.1, -0.05) is 36.4 Å². The van der Waals surface area contributed by atoms with E-state index in [1.165, 1.54) is 24.8 Å². The largest absolute Gasteiger partial charge is 0.298 e. The third-order valence-corrected chi connectivity index (χ3v) is 5.56. The molecular weight excluding hydrogens is 299 g/mol. The maximum atomic E-state index is 13.0. The van der Waals surface area contributed by atoms with Gasteiger partial charge in [0, 0.05) is 38.8 Å². The van der Waals surface area contributed by atoms with E-state index in [0.29, 0.717) is 6.04 Å². The number of nitrogens with zero attached hydrogens (tertiary/aromatic N) is 2. The number of fused-ring (bicyclic) bond motifs is 1. The van der Waals surface area contributed by atoms with Crippen LogP contribution in [0.15, 0.2) is 48.5 Å². The van der Waals surface area contributed by atoms with Crippen molar-refractivity contribution in [3.63, 3.8) is 0 Å². The van der Waals surface area contributed by atoms with E-state index >= 15 is 0 Å². The Hall–Kier alpha value is -1.71. The van der Waals surface area contributed by atoms with Crippen LogP contribution in [0.4, 0.5) is 4.39 Å². The summed E-state index contributed by atoms with van der Waals surface area (Å²) in [5.74, 6) is -0.152. The number of rotatable bonds is 3. The van der Waals surface area contributed by atoms with Crippen LogP contribution < -0.4 is 0 Å². The van der Waals surface area contributed by atoms with E-state index < -0.39 is 0 Å². The van der Waals surface area contributed by atoms with Crippen molar-refractivity contribution in [3.8, 4) is 0 Å². The maximum Gasteiger partial charge on any atom is 0.123 e. The highest BCUT2D eigenvalue weighted by atomic mass is 19.1. The first-order valence-electron chi connectivity index (χ1n) is 9.05. The monoisotopic (exact) mass is 324 g/mol. The Balaban J connectivity index is 1.31. The third kappa shape index (κ3) is 3.52. The molecule has 2 aliphatic rings. The fourth-order valence-electron chi connectivity index (χ4n) is 4.12. The minimum Gasteiger partial charge on any atom is -0.298 e. The number of benzene rings is 2. The highest BCUT2D eigenvalue weighted by Crippen LogP contribution is 2.25. The molecule has 0 N–H and O–H groups in total. The molecule has 1 fully saturated rings. The smallest absolute Gasteiger partial charge is 0.123 e. The van der Waals surface area contributed by atoms with E-state index in [1.54, 1.807) is 23.3 Å². The van der Waals surface area contributed by atoms with E-state index in [4.69, 9.17) is 0 Å². The summed E-state index contributed by atoms with van der Waals surface area (Å²) in [6.45, 7) is 5.44. The zero-order chi connectivity index (χ0) is 16.4. The summed E-state index contributed by atoms with van der Waals surface area (Å²) < 4.78 is 13.0. The van der Waals surface area contributed by atoms with Crippen LogP contribution in [0.25, 0.3) is 0 Å². The Morgan fingerprint density at radius 1 is 0.875 bits per heavy atom. The Kier molecular flexibility index (Phi) is 4.63. The zero-order valence-electron chi connectivity index (χ0n) is 14.1. The van der Waals surface area contributed by atoms with Crippen LogP contribution >= 0.6 is 0 Å². The fourth-order valence-corrected chi connectivity index (χ4v) is 4.12. The minimum atomic E-state index is -0.152. The van der Waals surface area contributed by atoms with E-state index in [1.807, 2.05) is 12.1 Å². The summed E-state index contributed by atoms with van der Waals surface area (Å²) in [6.07, 6.45) is 3.71. The van der Waals surface area contributed by atoms with Gasteiger partial charge in [0.05, 0.1) is 0 Å². The Labute approximate surface area is 143 Å². The molecule has 0 bridgehead atoms. The molecule has 2 nitrogen and oxygen atoms in total. The lowest BCUT2D eigenvalue weighted by atomic mass is 9.87. The molecule has 0 unspecified atom stereocenters. The molecule has 126 valence electrons. The molecule has 0 saturated carbocycles. The molecule has 24 heavy (non-hydrogen) atoms. The summed E-state index contributed by atoms with van der Waals surface area (Å²) in [6, 6.07) is 16.5. The predicted molar refractivity (Wildman–Crippen MR) is 95.5 cm³/mol. The second-order valence-corrected chi connectivity index (χ2v) is 7.10. The lowest BCUT2D eigenvalue weighted by Crippen LogP contribution is -2.51. The highest BCUT2D eigenvalue weighted by Gasteiger charge is 2.27. The summed E-state index contributed by atoms with van der Waals surface area (Å²) in [4.78, 5) is 5.16. The Bertz CT molecular complexity index is 674. The molecule has 1 saturated heterocycles. The van der Waals surface area contributed by atoms with E-state index in [2.05, 4.69) is 34.1 Å². The van der Waals surface area contributed by atoms with Crippen LogP contribution in [0, 0.1) is 5.82 Å². The van der Waals surface area contributed by atoms with Crippen LogP contribution in [0.5, 0.6) is 0 Å². The maximum absolute atomic E-state index is 13.0. The fraction of sp³-hybridized carbons (Fsp3) is 0.429. The molecule has 4 rings (SSSR count). The number of piperazine rings is 1. The van der Waals surface area contributed by atoms with Crippen molar-refractivity contribution in [2.75, 3.05) is 26.2 Å².